The minimum absolute atomic E-state index is 0.0606. The molecule has 2 aliphatic heterocycles. The summed E-state index contributed by atoms with van der Waals surface area (Å²) in [5.41, 5.74) is 0.465. The van der Waals surface area contributed by atoms with Crippen LogP contribution in [0, 0.1) is 0 Å². The molecule has 0 amide bonds. The Bertz CT molecular complexity index is 389. The molecule has 2 heterocycles. The normalized spacial score (nSPS) is 33.0. The highest BCUT2D eigenvalue weighted by molar-refractivity contribution is 5.05. The number of rotatable bonds is 7. The highest BCUT2D eigenvalue weighted by atomic mass is 16.5. The third-order valence-corrected chi connectivity index (χ3v) is 5.50. The molecule has 0 spiro atoms. The molecule has 24 heavy (non-hydrogen) atoms. The van der Waals surface area contributed by atoms with Gasteiger partial charge in [-0.2, -0.15) is 0 Å². The fraction of sp³-hybridized carbons (Fsp3) is 1.00. The summed E-state index contributed by atoms with van der Waals surface area (Å²) in [6, 6.07) is 0. The van der Waals surface area contributed by atoms with Crippen LogP contribution in [0.3, 0.4) is 0 Å². The van der Waals surface area contributed by atoms with E-state index >= 15 is 0 Å². The van der Waals surface area contributed by atoms with E-state index < -0.39 is 0 Å². The molecule has 0 aromatic carbocycles. The van der Waals surface area contributed by atoms with E-state index in [1.54, 1.807) is 0 Å². The van der Waals surface area contributed by atoms with Gasteiger partial charge in [-0.3, -0.25) is 0 Å². The number of unbranched alkanes of at least 4 members (excludes halogenated alkanes) is 1. The first-order valence-electron chi connectivity index (χ1n) is 9.65. The molecule has 4 nitrogen and oxygen atoms in total. The van der Waals surface area contributed by atoms with E-state index in [1.807, 2.05) is 0 Å². The van der Waals surface area contributed by atoms with Gasteiger partial charge in [-0.25, -0.2) is 0 Å². The molecule has 0 aromatic heterocycles. The molecular weight excluding hydrogens is 300 g/mol. The first-order valence-corrected chi connectivity index (χ1v) is 9.65. The summed E-state index contributed by atoms with van der Waals surface area (Å²) in [5, 5.41) is 7.34. The standard InChI is InChI=1S/C20H40N2O2/c1-17(2)13-15(19(5,6)21-17)23-11-9-10-12-24-16-14-18(3,4)22-20(16,7)8/h15-16,21-22H,9-14H2,1-8H3. The van der Waals surface area contributed by atoms with Crippen molar-refractivity contribution in [3.63, 3.8) is 0 Å². The van der Waals surface area contributed by atoms with Crippen molar-refractivity contribution >= 4 is 0 Å². The van der Waals surface area contributed by atoms with Crippen molar-refractivity contribution in [2.75, 3.05) is 13.2 Å². The van der Waals surface area contributed by atoms with E-state index in [4.69, 9.17) is 9.47 Å². The number of nitrogens with one attached hydrogen (secondary N) is 2. The Labute approximate surface area is 149 Å². The van der Waals surface area contributed by atoms with Crippen molar-refractivity contribution in [3.8, 4) is 0 Å². The van der Waals surface area contributed by atoms with E-state index in [2.05, 4.69) is 66.0 Å². The molecule has 0 radical (unpaired) electrons. The van der Waals surface area contributed by atoms with Crippen LogP contribution < -0.4 is 10.6 Å². The summed E-state index contributed by atoms with van der Waals surface area (Å²) in [4.78, 5) is 0. The van der Waals surface area contributed by atoms with Gasteiger partial charge in [0, 0.05) is 35.4 Å². The second kappa shape index (κ2) is 6.86. The molecule has 2 rings (SSSR count). The lowest BCUT2D eigenvalue weighted by molar-refractivity contribution is -0.000273. The van der Waals surface area contributed by atoms with Crippen LogP contribution in [0.15, 0.2) is 0 Å². The van der Waals surface area contributed by atoms with Crippen LogP contribution in [-0.4, -0.2) is 47.6 Å². The second-order valence-corrected chi connectivity index (χ2v) is 10.3. The zero-order valence-corrected chi connectivity index (χ0v) is 17.2. The molecule has 2 N–H and O–H groups in total. The zero-order chi connectivity index (χ0) is 18.2. The average Bonchev–Trinajstić information content (AvgIpc) is 2.70. The van der Waals surface area contributed by atoms with Crippen LogP contribution in [0.1, 0.15) is 81.1 Å². The summed E-state index contributed by atoms with van der Waals surface area (Å²) in [6.45, 7) is 19.6. The molecule has 0 aliphatic carbocycles. The van der Waals surface area contributed by atoms with Crippen LogP contribution >= 0.6 is 0 Å². The molecule has 2 fully saturated rings. The van der Waals surface area contributed by atoms with Crippen LogP contribution in [-0.2, 0) is 9.47 Å². The maximum Gasteiger partial charge on any atom is 0.0768 e. The van der Waals surface area contributed by atoms with Gasteiger partial charge in [0.1, 0.15) is 0 Å². The minimum atomic E-state index is 0.0606. The molecule has 2 aliphatic rings. The van der Waals surface area contributed by atoms with Gasteiger partial charge < -0.3 is 20.1 Å². The Morgan fingerprint density at radius 3 is 1.25 bits per heavy atom. The Balaban J connectivity index is 1.63. The fourth-order valence-electron chi connectivity index (χ4n) is 4.63. The van der Waals surface area contributed by atoms with Gasteiger partial charge in [-0.05, 0) is 81.1 Å². The van der Waals surface area contributed by atoms with Crippen molar-refractivity contribution in [2.24, 2.45) is 0 Å². The van der Waals surface area contributed by atoms with Crippen molar-refractivity contribution in [3.05, 3.63) is 0 Å². The van der Waals surface area contributed by atoms with Crippen LogP contribution in [0.5, 0.6) is 0 Å². The van der Waals surface area contributed by atoms with Gasteiger partial charge in [0.15, 0.2) is 0 Å². The largest absolute Gasteiger partial charge is 0.376 e. The predicted octanol–water partition coefficient (Wildman–Crippen LogP) is 3.64. The van der Waals surface area contributed by atoms with Crippen molar-refractivity contribution in [1.82, 2.24) is 10.6 Å². The molecule has 4 heteroatoms. The van der Waals surface area contributed by atoms with Gasteiger partial charge >= 0.3 is 0 Å². The van der Waals surface area contributed by atoms with Crippen LogP contribution in [0.25, 0.3) is 0 Å². The van der Waals surface area contributed by atoms with Crippen molar-refractivity contribution < 1.29 is 9.47 Å². The van der Waals surface area contributed by atoms with Crippen LogP contribution in [0.2, 0.25) is 0 Å². The number of hydrogen-bond acceptors (Lipinski definition) is 4. The fourth-order valence-corrected chi connectivity index (χ4v) is 4.63. The monoisotopic (exact) mass is 340 g/mol. The van der Waals surface area contributed by atoms with E-state index in [-0.39, 0.29) is 22.2 Å². The van der Waals surface area contributed by atoms with E-state index in [0.29, 0.717) is 12.2 Å². The zero-order valence-electron chi connectivity index (χ0n) is 17.2. The SMILES string of the molecule is CC1(C)CC(OCCCCOC2CC(C)(C)NC2(C)C)C(C)(C)N1. The summed E-state index contributed by atoms with van der Waals surface area (Å²) in [7, 11) is 0. The summed E-state index contributed by atoms with van der Waals surface area (Å²) in [6.07, 6.45) is 4.88. The van der Waals surface area contributed by atoms with E-state index in [0.717, 1.165) is 38.9 Å². The van der Waals surface area contributed by atoms with Gasteiger partial charge in [-0.1, -0.05) is 0 Å². The Hall–Kier alpha value is -0.160. The van der Waals surface area contributed by atoms with Gasteiger partial charge in [0.2, 0.25) is 0 Å². The first-order chi connectivity index (χ1) is 10.8. The topological polar surface area (TPSA) is 42.5 Å². The lowest BCUT2D eigenvalue weighted by Gasteiger charge is -2.29. The van der Waals surface area contributed by atoms with Crippen molar-refractivity contribution in [2.45, 2.75) is 115 Å². The maximum atomic E-state index is 6.17. The molecular formula is C20H40N2O2. The molecule has 0 aromatic rings. The Morgan fingerprint density at radius 2 is 1.00 bits per heavy atom. The lowest BCUT2D eigenvalue weighted by Crippen LogP contribution is -2.47. The summed E-state index contributed by atoms with van der Waals surface area (Å²) < 4.78 is 12.3. The number of ether oxygens (including phenoxy) is 2. The highest BCUT2D eigenvalue weighted by Crippen LogP contribution is 2.33. The van der Waals surface area contributed by atoms with Crippen molar-refractivity contribution in [1.29, 1.82) is 0 Å². The Morgan fingerprint density at radius 1 is 0.667 bits per heavy atom. The first kappa shape index (κ1) is 20.2. The molecule has 2 unspecified atom stereocenters. The predicted molar refractivity (Wildman–Crippen MR) is 101 cm³/mol. The molecule has 2 atom stereocenters. The second-order valence-electron chi connectivity index (χ2n) is 10.3. The van der Waals surface area contributed by atoms with E-state index in [9.17, 15) is 0 Å². The lowest BCUT2D eigenvalue weighted by atomic mass is 9.97. The minimum Gasteiger partial charge on any atom is -0.376 e. The van der Waals surface area contributed by atoms with Gasteiger partial charge in [-0.15, -0.1) is 0 Å². The third-order valence-electron chi connectivity index (χ3n) is 5.50. The summed E-state index contributed by atoms with van der Waals surface area (Å²) >= 11 is 0. The maximum absolute atomic E-state index is 6.17. The quantitative estimate of drug-likeness (QED) is 0.695. The van der Waals surface area contributed by atoms with E-state index in [1.165, 1.54) is 0 Å². The van der Waals surface area contributed by atoms with Gasteiger partial charge in [0.25, 0.3) is 0 Å². The molecule has 2 saturated heterocycles. The number of hydrogen-bond donors (Lipinski definition) is 2. The average molecular weight is 341 g/mol. The smallest absolute Gasteiger partial charge is 0.0768 e. The molecule has 142 valence electrons. The molecule has 0 saturated carbocycles. The van der Waals surface area contributed by atoms with Gasteiger partial charge in [0.05, 0.1) is 12.2 Å². The Kier molecular flexibility index (Phi) is 5.76. The summed E-state index contributed by atoms with van der Waals surface area (Å²) in [5.74, 6) is 0. The third kappa shape index (κ3) is 5.17. The van der Waals surface area contributed by atoms with Crippen LogP contribution in [0.4, 0.5) is 0 Å². The highest BCUT2D eigenvalue weighted by Gasteiger charge is 2.45. The molecule has 0 bridgehead atoms.